The van der Waals surface area contributed by atoms with Gasteiger partial charge in [-0.3, -0.25) is 10.1 Å². The van der Waals surface area contributed by atoms with Gasteiger partial charge in [-0.2, -0.15) is 0 Å². The number of anilines is 2. The topological polar surface area (TPSA) is 86.5 Å². The molecule has 0 radical (unpaired) electrons. The fraction of sp³-hybridized carbons (Fsp3) is 0.312. The van der Waals surface area contributed by atoms with Gasteiger partial charge >= 0.3 is 0 Å². The van der Waals surface area contributed by atoms with E-state index in [1.54, 1.807) is 6.07 Å². The molecule has 120 valence electrons. The van der Waals surface area contributed by atoms with Gasteiger partial charge in [0.15, 0.2) is 0 Å². The molecule has 0 saturated carbocycles. The lowest BCUT2D eigenvalue weighted by molar-refractivity contribution is -0.385. The summed E-state index contributed by atoms with van der Waals surface area (Å²) < 4.78 is 11.3. The molecule has 1 atom stereocenters. The minimum absolute atomic E-state index is 0.0378. The zero-order valence-electron chi connectivity index (χ0n) is 12.5. The van der Waals surface area contributed by atoms with E-state index in [0.29, 0.717) is 12.4 Å². The quantitative estimate of drug-likeness (QED) is 0.650. The number of benzene rings is 1. The normalized spacial score (nSPS) is 17.0. The first kappa shape index (κ1) is 15.2. The van der Waals surface area contributed by atoms with Crippen LogP contribution in [-0.2, 0) is 4.74 Å². The summed E-state index contributed by atoms with van der Waals surface area (Å²) in [6.07, 6.45) is 3.51. The lowest BCUT2D eigenvalue weighted by atomic mass is 10.2. The van der Waals surface area contributed by atoms with Gasteiger partial charge in [-0.05, 0) is 31.0 Å². The van der Waals surface area contributed by atoms with Gasteiger partial charge in [0.25, 0.3) is 5.69 Å². The number of nitrogens with zero attached hydrogens (tertiary/aromatic N) is 2. The zero-order chi connectivity index (χ0) is 16.1. The van der Waals surface area contributed by atoms with Gasteiger partial charge in [-0.15, -0.1) is 0 Å². The third-order valence-electron chi connectivity index (χ3n) is 3.53. The van der Waals surface area contributed by atoms with Gasteiger partial charge in [0.1, 0.15) is 24.4 Å². The molecule has 7 nitrogen and oxygen atoms in total. The standard InChI is InChI=1S/C16H17N3O4/c20-19(21)13-6-7-16(17-10-13)18-12-3-1-4-14(9-12)23-11-15-5-2-8-22-15/h1,3-4,6-7,9-10,15H,2,5,8,11H2,(H,17,18)/t15-/m0/s1. The van der Waals surface area contributed by atoms with Crippen LogP contribution in [0.2, 0.25) is 0 Å². The maximum Gasteiger partial charge on any atom is 0.287 e. The highest BCUT2D eigenvalue weighted by Crippen LogP contribution is 2.22. The predicted octanol–water partition coefficient (Wildman–Crippen LogP) is 3.29. The Kier molecular flexibility index (Phi) is 4.68. The second-order valence-corrected chi connectivity index (χ2v) is 5.26. The Labute approximate surface area is 133 Å². The van der Waals surface area contributed by atoms with Gasteiger partial charge in [-0.25, -0.2) is 4.98 Å². The Bertz CT molecular complexity index is 669. The molecule has 1 aromatic carbocycles. The first-order valence-electron chi connectivity index (χ1n) is 7.42. The summed E-state index contributed by atoms with van der Waals surface area (Å²) in [6, 6.07) is 10.5. The predicted molar refractivity (Wildman–Crippen MR) is 85.1 cm³/mol. The molecule has 0 spiro atoms. The molecule has 1 saturated heterocycles. The summed E-state index contributed by atoms with van der Waals surface area (Å²) in [5.41, 5.74) is 0.764. The number of hydrogen-bond acceptors (Lipinski definition) is 6. The second kappa shape index (κ2) is 7.06. The van der Waals surface area contributed by atoms with Gasteiger partial charge in [0.05, 0.1) is 11.0 Å². The van der Waals surface area contributed by atoms with Gasteiger partial charge < -0.3 is 14.8 Å². The Morgan fingerprint density at radius 2 is 2.30 bits per heavy atom. The summed E-state index contributed by atoms with van der Waals surface area (Å²) in [7, 11) is 0. The van der Waals surface area contributed by atoms with Crippen LogP contribution in [0.3, 0.4) is 0 Å². The van der Waals surface area contributed by atoms with Crippen LogP contribution < -0.4 is 10.1 Å². The van der Waals surface area contributed by atoms with Crippen molar-refractivity contribution in [2.75, 3.05) is 18.5 Å². The molecule has 1 aromatic heterocycles. The Hall–Kier alpha value is -2.67. The average molecular weight is 315 g/mol. The van der Waals surface area contributed by atoms with Crippen LogP contribution in [0.1, 0.15) is 12.8 Å². The molecule has 23 heavy (non-hydrogen) atoms. The molecule has 1 fully saturated rings. The Balaban J connectivity index is 1.61. The van der Waals surface area contributed by atoms with Crippen molar-refractivity contribution in [3.8, 4) is 5.75 Å². The van der Waals surface area contributed by atoms with Crippen molar-refractivity contribution in [2.24, 2.45) is 0 Å². The number of aromatic nitrogens is 1. The molecule has 1 aliphatic heterocycles. The highest BCUT2D eigenvalue weighted by Gasteiger charge is 2.16. The third kappa shape index (κ3) is 4.17. The molecule has 2 aromatic rings. The highest BCUT2D eigenvalue weighted by atomic mass is 16.6. The van der Waals surface area contributed by atoms with Gasteiger partial charge in [0.2, 0.25) is 0 Å². The minimum Gasteiger partial charge on any atom is -0.491 e. The fourth-order valence-corrected chi connectivity index (χ4v) is 2.34. The molecule has 0 bridgehead atoms. The highest BCUT2D eigenvalue weighted by molar-refractivity contribution is 5.58. The molecule has 3 rings (SSSR count). The second-order valence-electron chi connectivity index (χ2n) is 5.26. The van der Waals surface area contributed by atoms with Crippen molar-refractivity contribution in [2.45, 2.75) is 18.9 Å². The fourth-order valence-electron chi connectivity index (χ4n) is 2.34. The molecule has 1 aliphatic rings. The number of nitro groups is 1. The van der Waals surface area contributed by atoms with Crippen LogP contribution in [0.25, 0.3) is 0 Å². The molecule has 0 amide bonds. The minimum atomic E-state index is -0.476. The number of pyridine rings is 1. The number of rotatable bonds is 6. The molecule has 0 aliphatic carbocycles. The van der Waals surface area contributed by atoms with Crippen molar-refractivity contribution in [1.29, 1.82) is 0 Å². The molecular formula is C16H17N3O4. The third-order valence-corrected chi connectivity index (χ3v) is 3.53. The Morgan fingerprint density at radius 3 is 3.00 bits per heavy atom. The van der Waals surface area contributed by atoms with Crippen molar-refractivity contribution in [1.82, 2.24) is 4.98 Å². The largest absolute Gasteiger partial charge is 0.491 e. The molecule has 1 N–H and O–H groups in total. The zero-order valence-corrected chi connectivity index (χ0v) is 12.5. The summed E-state index contributed by atoms with van der Waals surface area (Å²) in [5.74, 6) is 1.28. The van der Waals surface area contributed by atoms with E-state index in [-0.39, 0.29) is 11.8 Å². The molecule has 2 heterocycles. The average Bonchev–Trinajstić information content (AvgIpc) is 3.07. The van der Waals surface area contributed by atoms with Crippen LogP contribution in [0, 0.1) is 10.1 Å². The van der Waals surface area contributed by atoms with E-state index in [0.717, 1.165) is 30.9 Å². The first-order chi connectivity index (χ1) is 11.2. The maximum atomic E-state index is 10.6. The van der Waals surface area contributed by atoms with Crippen molar-refractivity contribution in [3.63, 3.8) is 0 Å². The molecular weight excluding hydrogens is 298 g/mol. The van der Waals surface area contributed by atoms with Crippen molar-refractivity contribution < 1.29 is 14.4 Å². The molecule has 7 heteroatoms. The lowest BCUT2D eigenvalue weighted by Gasteiger charge is -2.12. The SMILES string of the molecule is O=[N+]([O-])c1ccc(Nc2cccc(OC[C@@H]3CCCO3)c2)nc1. The molecule has 0 unspecified atom stereocenters. The van der Waals surface area contributed by atoms with Gasteiger partial charge in [0, 0.05) is 24.4 Å². The van der Waals surface area contributed by atoms with Crippen molar-refractivity contribution in [3.05, 3.63) is 52.7 Å². The van der Waals surface area contributed by atoms with Crippen LogP contribution in [0.15, 0.2) is 42.6 Å². The van der Waals surface area contributed by atoms with Crippen molar-refractivity contribution >= 4 is 17.2 Å². The smallest absolute Gasteiger partial charge is 0.287 e. The van der Waals surface area contributed by atoms with Crippen LogP contribution in [-0.4, -0.2) is 29.2 Å². The van der Waals surface area contributed by atoms with Gasteiger partial charge in [-0.1, -0.05) is 6.07 Å². The number of nitrogens with one attached hydrogen (secondary N) is 1. The Morgan fingerprint density at radius 1 is 1.39 bits per heavy atom. The van der Waals surface area contributed by atoms with Crippen LogP contribution in [0.4, 0.5) is 17.2 Å². The van der Waals surface area contributed by atoms with E-state index in [4.69, 9.17) is 9.47 Å². The van der Waals surface area contributed by atoms with E-state index in [1.165, 1.54) is 12.3 Å². The van der Waals surface area contributed by atoms with Crippen LogP contribution >= 0.6 is 0 Å². The number of hydrogen-bond donors (Lipinski definition) is 1. The van der Waals surface area contributed by atoms with Crippen LogP contribution in [0.5, 0.6) is 5.75 Å². The summed E-state index contributed by atoms with van der Waals surface area (Å²) >= 11 is 0. The van der Waals surface area contributed by atoms with E-state index >= 15 is 0 Å². The van der Waals surface area contributed by atoms with E-state index < -0.39 is 4.92 Å². The summed E-state index contributed by atoms with van der Waals surface area (Å²) in [5, 5.41) is 13.7. The first-order valence-corrected chi connectivity index (χ1v) is 7.42. The summed E-state index contributed by atoms with van der Waals surface area (Å²) in [6.45, 7) is 1.35. The number of ether oxygens (including phenoxy) is 2. The lowest BCUT2D eigenvalue weighted by Crippen LogP contribution is -2.16. The van der Waals surface area contributed by atoms with E-state index in [9.17, 15) is 10.1 Å². The van der Waals surface area contributed by atoms with E-state index in [2.05, 4.69) is 10.3 Å². The monoisotopic (exact) mass is 315 g/mol. The summed E-state index contributed by atoms with van der Waals surface area (Å²) in [4.78, 5) is 14.2. The maximum absolute atomic E-state index is 10.6. The van der Waals surface area contributed by atoms with E-state index in [1.807, 2.05) is 24.3 Å².